The summed E-state index contributed by atoms with van der Waals surface area (Å²) in [7, 11) is 0. The van der Waals surface area contributed by atoms with E-state index in [1.165, 1.54) is 37.8 Å². The normalized spacial score (nSPS) is 30.1. The fourth-order valence-corrected chi connectivity index (χ4v) is 3.33. The summed E-state index contributed by atoms with van der Waals surface area (Å²) in [5, 5.41) is 10.6. The van der Waals surface area contributed by atoms with E-state index in [2.05, 4.69) is 0 Å². The molecule has 2 fully saturated rings. The SMILES string of the molecule is O=[N+]([O-])c1ccc(O[C@@H]2CC[C@H]3CC[C@H]2C3)cc1. The van der Waals surface area contributed by atoms with Crippen LogP contribution in [0, 0.1) is 22.0 Å². The minimum atomic E-state index is -0.383. The lowest BCUT2D eigenvalue weighted by atomic mass is 9.87. The van der Waals surface area contributed by atoms with Crippen LogP contribution in [0.1, 0.15) is 32.1 Å². The maximum Gasteiger partial charge on any atom is 0.269 e. The number of nitro groups is 1. The molecule has 0 radical (unpaired) electrons. The fraction of sp³-hybridized carbons (Fsp3) is 0.571. The van der Waals surface area contributed by atoms with Gasteiger partial charge >= 0.3 is 0 Å². The van der Waals surface area contributed by atoms with Crippen LogP contribution in [0.25, 0.3) is 0 Å². The van der Waals surface area contributed by atoms with Crippen LogP contribution in [-0.2, 0) is 0 Å². The smallest absolute Gasteiger partial charge is 0.269 e. The van der Waals surface area contributed by atoms with Gasteiger partial charge in [-0.3, -0.25) is 10.1 Å². The molecule has 1 aromatic rings. The third-order valence-electron chi connectivity index (χ3n) is 4.30. The first-order valence-corrected chi connectivity index (χ1v) is 6.63. The maximum absolute atomic E-state index is 10.6. The van der Waals surface area contributed by atoms with Crippen LogP contribution in [0.15, 0.2) is 24.3 Å². The number of nitro benzene ring substituents is 1. The van der Waals surface area contributed by atoms with Crippen LogP contribution in [0.5, 0.6) is 5.75 Å². The van der Waals surface area contributed by atoms with Crippen LogP contribution >= 0.6 is 0 Å². The van der Waals surface area contributed by atoms with Gasteiger partial charge in [-0.2, -0.15) is 0 Å². The molecular formula is C14H17NO3. The van der Waals surface area contributed by atoms with Crippen molar-refractivity contribution in [2.45, 2.75) is 38.2 Å². The molecule has 0 aromatic heterocycles. The van der Waals surface area contributed by atoms with Gasteiger partial charge in [-0.25, -0.2) is 0 Å². The van der Waals surface area contributed by atoms with Gasteiger partial charge in [0.15, 0.2) is 0 Å². The number of rotatable bonds is 3. The van der Waals surface area contributed by atoms with Crippen LogP contribution in [0.4, 0.5) is 5.69 Å². The third-order valence-corrected chi connectivity index (χ3v) is 4.30. The van der Waals surface area contributed by atoms with Crippen molar-refractivity contribution in [3.05, 3.63) is 34.4 Å². The summed E-state index contributed by atoms with van der Waals surface area (Å²) in [6.45, 7) is 0. The third kappa shape index (κ3) is 2.19. The second-order valence-corrected chi connectivity index (χ2v) is 5.42. The summed E-state index contributed by atoms with van der Waals surface area (Å²) in [6, 6.07) is 6.43. The summed E-state index contributed by atoms with van der Waals surface area (Å²) in [5.74, 6) is 2.38. The highest BCUT2D eigenvalue weighted by atomic mass is 16.6. The lowest BCUT2D eigenvalue weighted by Crippen LogP contribution is -2.28. The van der Waals surface area contributed by atoms with Gasteiger partial charge in [-0.05, 0) is 49.7 Å². The quantitative estimate of drug-likeness (QED) is 0.606. The van der Waals surface area contributed by atoms with E-state index >= 15 is 0 Å². The Kier molecular flexibility index (Phi) is 2.94. The Balaban J connectivity index is 1.67. The van der Waals surface area contributed by atoms with Crippen LogP contribution < -0.4 is 4.74 Å². The van der Waals surface area contributed by atoms with Crippen molar-refractivity contribution in [3.8, 4) is 5.75 Å². The molecule has 2 bridgehead atoms. The number of fused-ring (bicyclic) bond motifs is 2. The van der Waals surface area contributed by atoms with E-state index < -0.39 is 0 Å². The molecular weight excluding hydrogens is 230 g/mol. The highest BCUT2D eigenvalue weighted by Gasteiger charge is 2.36. The first-order valence-electron chi connectivity index (χ1n) is 6.63. The zero-order chi connectivity index (χ0) is 12.5. The van der Waals surface area contributed by atoms with E-state index in [1.807, 2.05) is 0 Å². The highest BCUT2D eigenvalue weighted by molar-refractivity contribution is 5.36. The summed E-state index contributed by atoms with van der Waals surface area (Å²) >= 11 is 0. The zero-order valence-corrected chi connectivity index (χ0v) is 10.2. The van der Waals surface area contributed by atoms with Crippen molar-refractivity contribution < 1.29 is 9.66 Å². The Bertz CT molecular complexity index is 443. The average Bonchev–Trinajstić information content (AvgIpc) is 2.76. The number of nitrogens with zero attached hydrogens (tertiary/aromatic N) is 1. The van der Waals surface area contributed by atoms with E-state index in [9.17, 15) is 10.1 Å². The molecule has 0 N–H and O–H groups in total. The molecule has 2 saturated carbocycles. The Labute approximate surface area is 106 Å². The molecule has 1 aromatic carbocycles. The molecule has 0 spiro atoms. The van der Waals surface area contributed by atoms with E-state index in [1.54, 1.807) is 12.1 Å². The fourth-order valence-electron chi connectivity index (χ4n) is 3.33. The Hall–Kier alpha value is -1.58. The number of benzene rings is 1. The molecule has 4 nitrogen and oxygen atoms in total. The number of ether oxygens (including phenoxy) is 1. The first-order chi connectivity index (χ1) is 8.72. The van der Waals surface area contributed by atoms with Crippen molar-refractivity contribution in [2.75, 3.05) is 0 Å². The molecule has 3 atom stereocenters. The molecule has 2 aliphatic carbocycles. The minimum Gasteiger partial charge on any atom is -0.490 e. The second-order valence-electron chi connectivity index (χ2n) is 5.42. The molecule has 0 amide bonds. The minimum absolute atomic E-state index is 0.118. The molecule has 0 saturated heterocycles. The van der Waals surface area contributed by atoms with Gasteiger partial charge in [-0.1, -0.05) is 6.42 Å². The van der Waals surface area contributed by atoms with Gasteiger partial charge in [0, 0.05) is 12.1 Å². The summed E-state index contributed by atoms with van der Waals surface area (Å²) in [5.41, 5.74) is 0.118. The topological polar surface area (TPSA) is 52.4 Å². The van der Waals surface area contributed by atoms with Gasteiger partial charge in [0.2, 0.25) is 0 Å². The lowest BCUT2D eigenvalue weighted by molar-refractivity contribution is -0.384. The Morgan fingerprint density at radius 2 is 1.83 bits per heavy atom. The van der Waals surface area contributed by atoms with Gasteiger partial charge in [0.1, 0.15) is 11.9 Å². The van der Waals surface area contributed by atoms with E-state index in [0.717, 1.165) is 18.1 Å². The zero-order valence-electron chi connectivity index (χ0n) is 10.2. The number of non-ortho nitro benzene ring substituents is 1. The second kappa shape index (κ2) is 4.59. The van der Waals surface area contributed by atoms with Crippen LogP contribution in [0.3, 0.4) is 0 Å². The standard InChI is InChI=1S/C14H17NO3/c16-15(17)12-4-6-13(7-5-12)18-14-8-2-10-1-3-11(14)9-10/h4-7,10-11,14H,1-3,8-9H2/t10-,11+,14-/m1/s1. The van der Waals surface area contributed by atoms with Crippen molar-refractivity contribution in [1.29, 1.82) is 0 Å². The molecule has 96 valence electrons. The molecule has 18 heavy (non-hydrogen) atoms. The monoisotopic (exact) mass is 247 g/mol. The largest absolute Gasteiger partial charge is 0.490 e. The number of hydrogen-bond acceptors (Lipinski definition) is 3. The molecule has 2 aliphatic rings. The van der Waals surface area contributed by atoms with E-state index in [4.69, 9.17) is 4.74 Å². The van der Waals surface area contributed by atoms with Crippen molar-refractivity contribution in [3.63, 3.8) is 0 Å². The highest BCUT2D eigenvalue weighted by Crippen LogP contribution is 2.43. The maximum atomic E-state index is 10.6. The summed E-state index contributed by atoms with van der Waals surface area (Å²) < 4.78 is 6.00. The van der Waals surface area contributed by atoms with Crippen molar-refractivity contribution in [2.24, 2.45) is 11.8 Å². The molecule has 3 rings (SSSR count). The Morgan fingerprint density at radius 1 is 1.11 bits per heavy atom. The average molecular weight is 247 g/mol. The molecule has 0 heterocycles. The van der Waals surface area contributed by atoms with Crippen molar-refractivity contribution in [1.82, 2.24) is 0 Å². The van der Waals surface area contributed by atoms with E-state index in [-0.39, 0.29) is 10.6 Å². The van der Waals surface area contributed by atoms with Crippen LogP contribution in [0.2, 0.25) is 0 Å². The van der Waals surface area contributed by atoms with Gasteiger partial charge in [0.05, 0.1) is 4.92 Å². The van der Waals surface area contributed by atoms with Gasteiger partial charge < -0.3 is 4.74 Å². The van der Waals surface area contributed by atoms with Gasteiger partial charge in [-0.15, -0.1) is 0 Å². The summed E-state index contributed by atoms with van der Waals surface area (Å²) in [6.07, 6.45) is 6.65. The van der Waals surface area contributed by atoms with Crippen LogP contribution in [-0.4, -0.2) is 11.0 Å². The predicted molar refractivity (Wildman–Crippen MR) is 67.6 cm³/mol. The summed E-state index contributed by atoms with van der Waals surface area (Å²) in [4.78, 5) is 10.2. The predicted octanol–water partition coefficient (Wildman–Crippen LogP) is 3.55. The molecule has 4 heteroatoms. The lowest BCUT2D eigenvalue weighted by Gasteiger charge is -2.29. The van der Waals surface area contributed by atoms with Gasteiger partial charge in [0.25, 0.3) is 5.69 Å². The first kappa shape index (κ1) is 11.5. The molecule has 0 unspecified atom stereocenters. The molecule has 0 aliphatic heterocycles. The van der Waals surface area contributed by atoms with Crippen molar-refractivity contribution >= 4 is 5.69 Å². The Morgan fingerprint density at radius 3 is 2.56 bits per heavy atom. The number of hydrogen-bond donors (Lipinski definition) is 0. The van der Waals surface area contributed by atoms with E-state index in [0.29, 0.717) is 12.0 Å².